The Morgan fingerprint density at radius 1 is 1.26 bits per heavy atom. The topological polar surface area (TPSA) is 87.2 Å². The van der Waals surface area contributed by atoms with Crippen molar-refractivity contribution < 1.29 is 14.0 Å². The van der Waals surface area contributed by atoms with E-state index in [0.29, 0.717) is 37.6 Å². The molecule has 7 nitrogen and oxygen atoms in total. The van der Waals surface area contributed by atoms with E-state index in [-0.39, 0.29) is 17.1 Å². The average Bonchev–Trinajstić information content (AvgIpc) is 3.08. The molecule has 0 spiro atoms. The van der Waals surface area contributed by atoms with Gasteiger partial charge < -0.3 is 10.6 Å². The molecule has 1 aliphatic heterocycles. The molecule has 0 saturated carbocycles. The molecule has 0 bridgehead atoms. The number of carbonyl (C=O) groups excluding carboxylic acids is 2. The van der Waals surface area contributed by atoms with Gasteiger partial charge in [-0.25, -0.2) is 4.39 Å². The van der Waals surface area contributed by atoms with Gasteiger partial charge in [0.05, 0.1) is 0 Å². The highest BCUT2D eigenvalue weighted by Gasteiger charge is 2.31. The van der Waals surface area contributed by atoms with Gasteiger partial charge in [0.1, 0.15) is 17.7 Å². The molecule has 142 valence electrons. The lowest BCUT2D eigenvalue weighted by Gasteiger charge is -2.26. The van der Waals surface area contributed by atoms with Crippen LogP contribution in [-0.4, -0.2) is 41.6 Å². The second kappa shape index (κ2) is 7.69. The summed E-state index contributed by atoms with van der Waals surface area (Å²) in [5, 5.41) is 14.1. The smallest absolute Gasteiger partial charge is 0.243 e. The fourth-order valence-electron chi connectivity index (χ4n) is 3.01. The van der Waals surface area contributed by atoms with Gasteiger partial charge in [-0.1, -0.05) is 26.0 Å². The van der Waals surface area contributed by atoms with Gasteiger partial charge in [-0.15, -0.1) is 10.2 Å². The van der Waals surface area contributed by atoms with Crippen molar-refractivity contribution >= 4 is 24.0 Å². The number of benzene rings is 1. The maximum Gasteiger partial charge on any atom is 0.243 e. The minimum atomic E-state index is -0.548. The molecule has 0 aliphatic carbocycles. The first-order valence-electron chi connectivity index (χ1n) is 8.76. The van der Waals surface area contributed by atoms with Gasteiger partial charge in [-0.3, -0.25) is 14.5 Å². The summed E-state index contributed by atoms with van der Waals surface area (Å²) in [7, 11) is 0. The highest BCUT2D eigenvalue weighted by molar-refractivity contribution is 5.92. The van der Waals surface area contributed by atoms with Crippen LogP contribution in [0.4, 0.5) is 16.0 Å². The van der Waals surface area contributed by atoms with Crippen molar-refractivity contribution in [3.8, 4) is 0 Å². The number of amides is 2. The van der Waals surface area contributed by atoms with Gasteiger partial charge in [-0.2, -0.15) is 0 Å². The van der Waals surface area contributed by atoms with E-state index in [4.69, 9.17) is 0 Å². The van der Waals surface area contributed by atoms with Crippen molar-refractivity contribution in [1.29, 1.82) is 0 Å². The summed E-state index contributed by atoms with van der Waals surface area (Å²) in [6.45, 7) is 5.19. The predicted octanol–water partition coefficient (Wildman–Crippen LogP) is 1.86. The minimum absolute atomic E-state index is 0.188. The standard InChI is InChI=1S/C19H22FN5O2/c1-19(2,13-3-5-14(20)6-4-13)11-22-16-7-8-17(24-23-16)25(12-26)15-9-10-21-18(15)27/h3-8,12,15H,9-11H2,1-2H3,(H,21,27)(H,22,23). The van der Waals surface area contributed by atoms with Gasteiger partial charge in [0.2, 0.25) is 12.3 Å². The monoisotopic (exact) mass is 371 g/mol. The van der Waals surface area contributed by atoms with Crippen LogP contribution in [0.3, 0.4) is 0 Å². The molecular weight excluding hydrogens is 349 g/mol. The van der Waals surface area contributed by atoms with E-state index in [1.165, 1.54) is 17.0 Å². The SMILES string of the molecule is CC(C)(CNc1ccc(N(C=O)C2CCNC2=O)nn1)c1ccc(F)cc1. The molecule has 2 heterocycles. The number of nitrogens with one attached hydrogen (secondary N) is 2. The summed E-state index contributed by atoms with van der Waals surface area (Å²) >= 11 is 0. The van der Waals surface area contributed by atoms with Crippen molar-refractivity contribution in [2.75, 3.05) is 23.3 Å². The van der Waals surface area contributed by atoms with Crippen molar-refractivity contribution in [1.82, 2.24) is 15.5 Å². The maximum absolute atomic E-state index is 13.1. The van der Waals surface area contributed by atoms with Crippen LogP contribution in [-0.2, 0) is 15.0 Å². The Morgan fingerprint density at radius 2 is 2.00 bits per heavy atom. The molecule has 2 amide bonds. The van der Waals surface area contributed by atoms with Gasteiger partial charge in [-0.05, 0) is 36.2 Å². The Morgan fingerprint density at radius 3 is 2.56 bits per heavy atom. The van der Waals surface area contributed by atoms with E-state index in [2.05, 4.69) is 20.8 Å². The van der Waals surface area contributed by atoms with Crippen LogP contribution in [0.15, 0.2) is 36.4 Å². The quantitative estimate of drug-likeness (QED) is 0.726. The summed E-state index contributed by atoms with van der Waals surface area (Å²) in [5.74, 6) is 0.429. The molecule has 1 atom stereocenters. The third kappa shape index (κ3) is 4.21. The first-order chi connectivity index (χ1) is 12.9. The summed E-state index contributed by atoms with van der Waals surface area (Å²) < 4.78 is 13.1. The second-order valence-electron chi connectivity index (χ2n) is 7.13. The van der Waals surface area contributed by atoms with Crippen molar-refractivity contribution in [3.05, 3.63) is 47.8 Å². The third-order valence-electron chi connectivity index (χ3n) is 4.72. The van der Waals surface area contributed by atoms with Gasteiger partial charge in [0.15, 0.2) is 5.82 Å². The molecule has 3 rings (SSSR count). The molecule has 1 fully saturated rings. The number of aromatic nitrogens is 2. The highest BCUT2D eigenvalue weighted by Crippen LogP contribution is 2.24. The zero-order chi connectivity index (χ0) is 19.4. The van der Waals surface area contributed by atoms with E-state index >= 15 is 0 Å². The van der Waals surface area contributed by atoms with Crippen LogP contribution in [0.25, 0.3) is 0 Å². The summed E-state index contributed by atoms with van der Waals surface area (Å²) in [5.41, 5.74) is 0.755. The number of hydrogen-bond donors (Lipinski definition) is 2. The molecule has 1 aliphatic rings. The Balaban J connectivity index is 1.65. The largest absolute Gasteiger partial charge is 0.368 e. The first kappa shape index (κ1) is 18.8. The zero-order valence-electron chi connectivity index (χ0n) is 15.3. The number of carbonyl (C=O) groups is 2. The fraction of sp³-hybridized carbons (Fsp3) is 0.368. The van der Waals surface area contributed by atoms with Crippen molar-refractivity contribution in [3.63, 3.8) is 0 Å². The molecule has 1 saturated heterocycles. The van der Waals surface area contributed by atoms with Crippen LogP contribution in [0.2, 0.25) is 0 Å². The number of halogens is 1. The Kier molecular flexibility index (Phi) is 5.34. The normalized spacial score (nSPS) is 16.7. The first-order valence-corrected chi connectivity index (χ1v) is 8.76. The average molecular weight is 371 g/mol. The molecular formula is C19H22FN5O2. The zero-order valence-corrected chi connectivity index (χ0v) is 15.3. The molecule has 2 N–H and O–H groups in total. The molecule has 1 aromatic heterocycles. The van der Waals surface area contributed by atoms with Crippen molar-refractivity contribution in [2.45, 2.75) is 31.7 Å². The van der Waals surface area contributed by atoms with E-state index in [9.17, 15) is 14.0 Å². The van der Waals surface area contributed by atoms with Gasteiger partial charge in [0.25, 0.3) is 0 Å². The Bertz CT molecular complexity index is 808. The lowest BCUT2D eigenvalue weighted by atomic mass is 9.84. The summed E-state index contributed by atoms with van der Waals surface area (Å²) in [4.78, 5) is 24.5. The number of hydrogen-bond acceptors (Lipinski definition) is 5. The van der Waals surface area contributed by atoms with Crippen LogP contribution in [0.1, 0.15) is 25.8 Å². The predicted molar refractivity (Wildman–Crippen MR) is 99.9 cm³/mol. The number of nitrogens with zero attached hydrogens (tertiary/aromatic N) is 3. The van der Waals surface area contributed by atoms with Gasteiger partial charge >= 0.3 is 0 Å². The van der Waals surface area contributed by atoms with Crippen LogP contribution >= 0.6 is 0 Å². The molecule has 2 aromatic rings. The van der Waals surface area contributed by atoms with Crippen LogP contribution in [0.5, 0.6) is 0 Å². The van der Waals surface area contributed by atoms with Crippen LogP contribution < -0.4 is 15.5 Å². The number of anilines is 2. The summed E-state index contributed by atoms with van der Waals surface area (Å²) in [6.07, 6.45) is 1.15. The summed E-state index contributed by atoms with van der Waals surface area (Å²) in [6, 6.07) is 9.23. The highest BCUT2D eigenvalue weighted by atomic mass is 19.1. The maximum atomic E-state index is 13.1. The van der Waals surface area contributed by atoms with Crippen molar-refractivity contribution in [2.24, 2.45) is 0 Å². The third-order valence-corrected chi connectivity index (χ3v) is 4.72. The minimum Gasteiger partial charge on any atom is -0.368 e. The lowest BCUT2D eigenvalue weighted by Crippen LogP contribution is -2.40. The van der Waals surface area contributed by atoms with E-state index < -0.39 is 6.04 Å². The molecule has 8 heteroatoms. The Hall–Kier alpha value is -3.03. The van der Waals surface area contributed by atoms with Gasteiger partial charge in [0, 0.05) is 18.5 Å². The molecule has 27 heavy (non-hydrogen) atoms. The second-order valence-corrected chi connectivity index (χ2v) is 7.13. The molecule has 1 unspecified atom stereocenters. The molecule has 0 radical (unpaired) electrons. The fourth-order valence-corrected chi connectivity index (χ4v) is 3.01. The Labute approximate surface area is 157 Å². The van der Waals surface area contributed by atoms with Crippen LogP contribution in [0, 0.1) is 5.82 Å². The van der Waals surface area contributed by atoms with E-state index in [0.717, 1.165) is 5.56 Å². The van der Waals surface area contributed by atoms with E-state index in [1.807, 2.05) is 13.8 Å². The molecule has 1 aromatic carbocycles. The van der Waals surface area contributed by atoms with E-state index in [1.54, 1.807) is 24.3 Å². The number of rotatable bonds is 7. The lowest BCUT2D eigenvalue weighted by molar-refractivity contribution is -0.121.